The molecule has 20 heavy (non-hydrogen) atoms. The van der Waals surface area contributed by atoms with Crippen molar-refractivity contribution in [2.75, 3.05) is 7.05 Å². The van der Waals surface area contributed by atoms with Crippen LogP contribution in [0.5, 0.6) is 0 Å². The maximum atomic E-state index is 3.43. The molecule has 0 radical (unpaired) electrons. The van der Waals surface area contributed by atoms with E-state index >= 15 is 0 Å². The highest BCUT2D eigenvalue weighted by Crippen LogP contribution is 2.27. The summed E-state index contributed by atoms with van der Waals surface area (Å²) >= 11 is 0. The molecule has 0 saturated carbocycles. The van der Waals surface area contributed by atoms with Gasteiger partial charge in [-0.2, -0.15) is 0 Å². The molecule has 1 N–H and O–H groups in total. The van der Waals surface area contributed by atoms with Crippen LogP contribution in [0.3, 0.4) is 0 Å². The van der Waals surface area contributed by atoms with Crippen LogP contribution in [0, 0.1) is 6.92 Å². The highest BCUT2D eigenvalue weighted by atomic mass is 14.9. The van der Waals surface area contributed by atoms with Crippen LogP contribution < -0.4 is 5.32 Å². The molecule has 0 aromatic heterocycles. The maximum absolute atomic E-state index is 3.43. The third kappa shape index (κ3) is 3.10. The summed E-state index contributed by atoms with van der Waals surface area (Å²) in [6, 6.07) is 17.8. The highest BCUT2D eigenvalue weighted by molar-refractivity contribution is 5.38. The van der Waals surface area contributed by atoms with Gasteiger partial charge in [0.25, 0.3) is 0 Å². The topological polar surface area (TPSA) is 12.0 Å². The molecular formula is C19H25N. The van der Waals surface area contributed by atoms with Crippen molar-refractivity contribution in [3.05, 3.63) is 70.8 Å². The van der Waals surface area contributed by atoms with Crippen LogP contribution in [0.15, 0.2) is 48.5 Å². The average Bonchev–Trinajstić information content (AvgIpc) is 2.41. The Morgan fingerprint density at radius 1 is 0.900 bits per heavy atom. The van der Waals surface area contributed by atoms with E-state index in [1.54, 1.807) is 0 Å². The first-order valence-corrected chi connectivity index (χ1v) is 7.26. The number of rotatable bonds is 3. The molecule has 0 aliphatic carbocycles. The number of hydrogen-bond donors (Lipinski definition) is 1. The van der Waals surface area contributed by atoms with Crippen molar-refractivity contribution < 1.29 is 0 Å². The van der Waals surface area contributed by atoms with Crippen molar-refractivity contribution in [1.29, 1.82) is 0 Å². The Labute approximate surface area is 123 Å². The molecule has 106 valence electrons. The van der Waals surface area contributed by atoms with Crippen molar-refractivity contribution in [3.63, 3.8) is 0 Å². The fourth-order valence-corrected chi connectivity index (χ4v) is 2.59. The Bertz CT molecular complexity index is 561. The third-order valence-corrected chi connectivity index (χ3v) is 3.90. The van der Waals surface area contributed by atoms with Crippen molar-refractivity contribution in [2.45, 2.75) is 39.2 Å². The van der Waals surface area contributed by atoms with Gasteiger partial charge in [0.2, 0.25) is 0 Å². The van der Waals surface area contributed by atoms with Crippen molar-refractivity contribution in [1.82, 2.24) is 5.32 Å². The normalized spacial score (nSPS) is 13.2. The lowest BCUT2D eigenvalue weighted by molar-refractivity contribution is 0.589. The first-order chi connectivity index (χ1) is 9.43. The zero-order valence-electron chi connectivity index (χ0n) is 13.2. The molecule has 0 fully saturated rings. The number of aryl methyl sites for hydroxylation is 1. The molecule has 2 rings (SSSR count). The van der Waals surface area contributed by atoms with E-state index in [1.165, 1.54) is 22.3 Å². The highest BCUT2D eigenvalue weighted by Gasteiger charge is 2.16. The smallest absolute Gasteiger partial charge is 0.0576 e. The summed E-state index contributed by atoms with van der Waals surface area (Å²) in [4.78, 5) is 0. The van der Waals surface area contributed by atoms with Gasteiger partial charge in [0.1, 0.15) is 0 Å². The van der Waals surface area contributed by atoms with E-state index in [2.05, 4.69) is 81.5 Å². The van der Waals surface area contributed by atoms with Gasteiger partial charge in [-0.25, -0.2) is 0 Å². The average molecular weight is 267 g/mol. The van der Waals surface area contributed by atoms with Crippen LogP contribution in [-0.2, 0) is 5.41 Å². The molecule has 0 spiro atoms. The summed E-state index contributed by atoms with van der Waals surface area (Å²) in [6.07, 6.45) is 0. The molecule has 0 bridgehead atoms. The largest absolute Gasteiger partial charge is 0.309 e. The molecule has 1 nitrogen and oxygen atoms in total. The summed E-state index contributed by atoms with van der Waals surface area (Å²) in [6.45, 7) is 8.92. The molecule has 2 aromatic rings. The van der Waals surface area contributed by atoms with E-state index in [4.69, 9.17) is 0 Å². The minimum Gasteiger partial charge on any atom is -0.309 e. The summed E-state index contributed by atoms with van der Waals surface area (Å²) in [5.41, 5.74) is 5.57. The van der Waals surface area contributed by atoms with Crippen molar-refractivity contribution in [3.8, 4) is 0 Å². The lowest BCUT2D eigenvalue weighted by atomic mass is 9.85. The first-order valence-electron chi connectivity index (χ1n) is 7.26. The van der Waals surface area contributed by atoms with Crippen LogP contribution in [0.1, 0.15) is 49.1 Å². The van der Waals surface area contributed by atoms with Gasteiger partial charge in [-0.1, -0.05) is 69.3 Å². The quantitative estimate of drug-likeness (QED) is 0.857. The molecule has 0 amide bonds. The van der Waals surface area contributed by atoms with Crippen LogP contribution in [0.4, 0.5) is 0 Å². The molecule has 1 atom stereocenters. The molecule has 0 heterocycles. The van der Waals surface area contributed by atoms with Crippen molar-refractivity contribution >= 4 is 0 Å². The Balaban J connectivity index is 2.36. The van der Waals surface area contributed by atoms with Gasteiger partial charge in [0.15, 0.2) is 0 Å². The van der Waals surface area contributed by atoms with Gasteiger partial charge in [0, 0.05) is 0 Å². The van der Waals surface area contributed by atoms with Gasteiger partial charge in [-0.05, 0) is 41.6 Å². The second-order valence-corrected chi connectivity index (χ2v) is 6.45. The fourth-order valence-electron chi connectivity index (χ4n) is 2.59. The maximum Gasteiger partial charge on any atom is 0.0576 e. The summed E-state index contributed by atoms with van der Waals surface area (Å²) in [7, 11) is 2.02. The Morgan fingerprint density at radius 3 is 2.00 bits per heavy atom. The van der Waals surface area contributed by atoms with E-state index < -0.39 is 0 Å². The van der Waals surface area contributed by atoms with E-state index in [0.717, 1.165) is 0 Å². The SMILES string of the molecule is CNC(c1ccc(C(C)(C)C)cc1)c1ccccc1C. The monoisotopic (exact) mass is 267 g/mol. The third-order valence-electron chi connectivity index (χ3n) is 3.90. The van der Waals surface area contributed by atoms with E-state index in [1.807, 2.05) is 7.05 Å². The molecule has 2 aromatic carbocycles. The molecule has 1 heteroatoms. The summed E-state index contributed by atoms with van der Waals surface area (Å²) < 4.78 is 0. The number of nitrogens with one attached hydrogen (secondary N) is 1. The zero-order chi connectivity index (χ0) is 14.8. The number of hydrogen-bond acceptors (Lipinski definition) is 1. The second-order valence-electron chi connectivity index (χ2n) is 6.45. The molecule has 0 aliphatic rings. The second kappa shape index (κ2) is 5.80. The molecular weight excluding hydrogens is 242 g/mol. The minimum absolute atomic E-state index is 0.205. The van der Waals surface area contributed by atoms with Gasteiger partial charge in [0.05, 0.1) is 6.04 Å². The van der Waals surface area contributed by atoms with E-state index in [0.29, 0.717) is 0 Å². The van der Waals surface area contributed by atoms with Gasteiger partial charge < -0.3 is 5.32 Å². The first kappa shape index (κ1) is 14.8. The molecule has 0 aliphatic heterocycles. The number of benzene rings is 2. The summed E-state index contributed by atoms with van der Waals surface area (Å²) in [5, 5.41) is 3.43. The lowest BCUT2D eigenvalue weighted by Gasteiger charge is -2.22. The van der Waals surface area contributed by atoms with Crippen LogP contribution in [-0.4, -0.2) is 7.05 Å². The van der Waals surface area contributed by atoms with Crippen LogP contribution >= 0.6 is 0 Å². The minimum atomic E-state index is 0.205. The fraction of sp³-hybridized carbons (Fsp3) is 0.368. The van der Waals surface area contributed by atoms with Gasteiger partial charge in [-0.3, -0.25) is 0 Å². The standard InChI is InChI=1S/C19H25N/c1-14-8-6-7-9-17(14)18(20-5)15-10-12-16(13-11-15)19(2,3)4/h6-13,18,20H,1-5H3. The van der Waals surface area contributed by atoms with Crippen molar-refractivity contribution in [2.24, 2.45) is 0 Å². The van der Waals surface area contributed by atoms with E-state index in [9.17, 15) is 0 Å². The Hall–Kier alpha value is -1.60. The zero-order valence-corrected chi connectivity index (χ0v) is 13.2. The Morgan fingerprint density at radius 2 is 1.50 bits per heavy atom. The molecule has 0 saturated heterocycles. The predicted octanol–water partition coefficient (Wildman–Crippen LogP) is 4.60. The van der Waals surface area contributed by atoms with Gasteiger partial charge in [-0.15, -0.1) is 0 Å². The van der Waals surface area contributed by atoms with E-state index in [-0.39, 0.29) is 11.5 Å². The summed E-state index contributed by atoms with van der Waals surface area (Å²) in [5.74, 6) is 0. The lowest BCUT2D eigenvalue weighted by Crippen LogP contribution is -2.19. The van der Waals surface area contributed by atoms with Crippen LogP contribution in [0.2, 0.25) is 0 Å². The van der Waals surface area contributed by atoms with Crippen LogP contribution in [0.25, 0.3) is 0 Å². The Kier molecular flexibility index (Phi) is 4.29. The molecule has 1 unspecified atom stereocenters. The van der Waals surface area contributed by atoms with Gasteiger partial charge >= 0.3 is 0 Å². The predicted molar refractivity (Wildman–Crippen MR) is 87.2 cm³/mol.